The molecule has 2 aromatic carbocycles. The van der Waals surface area contributed by atoms with Crippen LogP contribution < -0.4 is 0 Å². The van der Waals surface area contributed by atoms with Gasteiger partial charge in [0.25, 0.3) is 0 Å². The van der Waals surface area contributed by atoms with Crippen LogP contribution in [0.2, 0.25) is 0 Å². The molecule has 27 heavy (non-hydrogen) atoms. The molecule has 0 saturated carbocycles. The van der Waals surface area contributed by atoms with E-state index in [0.29, 0.717) is 42.9 Å². The molecule has 0 spiro atoms. The molecule has 9 heteroatoms. The molecular formula is C18H18N4O4S. The molecule has 1 fully saturated rings. The van der Waals surface area contributed by atoms with E-state index in [1.54, 1.807) is 18.2 Å². The second kappa shape index (κ2) is 7.10. The standard InChI is InChI=1S/C18H18N4O4S/c23-18-17(21-20-13-4-2-1-3-5-13)15-12-14(6-7-16(15)19-18)27(24,25)22-8-10-26-11-9-22/h1-7,12,19,23H,8-11H2. The Balaban J connectivity index is 1.74. The largest absolute Gasteiger partial charge is 0.493 e. The van der Waals surface area contributed by atoms with Crippen LogP contribution in [0.25, 0.3) is 10.9 Å². The highest BCUT2D eigenvalue weighted by molar-refractivity contribution is 7.89. The van der Waals surface area contributed by atoms with Crippen LogP contribution in [0.4, 0.5) is 11.4 Å². The van der Waals surface area contributed by atoms with Crippen LogP contribution in [0.5, 0.6) is 5.88 Å². The Kier molecular flexibility index (Phi) is 4.65. The number of hydrogen-bond acceptors (Lipinski definition) is 6. The van der Waals surface area contributed by atoms with Gasteiger partial charge >= 0.3 is 0 Å². The number of azo groups is 1. The van der Waals surface area contributed by atoms with E-state index in [1.165, 1.54) is 16.4 Å². The zero-order valence-electron chi connectivity index (χ0n) is 14.4. The zero-order valence-corrected chi connectivity index (χ0v) is 15.2. The van der Waals surface area contributed by atoms with Gasteiger partial charge in [-0.2, -0.15) is 9.42 Å². The summed E-state index contributed by atoms with van der Waals surface area (Å²) in [4.78, 5) is 2.94. The van der Waals surface area contributed by atoms with Crippen molar-refractivity contribution in [2.75, 3.05) is 26.3 Å². The van der Waals surface area contributed by atoms with Crippen molar-refractivity contribution in [1.82, 2.24) is 9.29 Å². The van der Waals surface area contributed by atoms with Crippen LogP contribution in [0.3, 0.4) is 0 Å². The average molecular weight is 386 g/mol. The maximum absolute atomic E-state index is 12.9. The van der Waals surface area contributed by atoms with Gasteiger partial charge in [0, 0.05) is 18.5 Å². The number of nitrogens with one attached hydrogen (secondary N) is 1. The molecule has 0 atom stereocenters. The van der Waals surface area contributed by atoms with Crippen molar-refractivity contribution in [2.45, 2.75) is 4.90 Å². The molecule has 4 rings (SSSR count). The maximum atomic E-state index is 12.9. The predicted octanol–water partition coefficient (Wildman–Crippen LogP) is 3.31. The van der Waals surface area contributed by atoms with E-state index in [0.717, 1.165) is 0 Å². The molecule has 2 heterocycles. The second-order valence-electron chi connectivity index (χ2n) is 6.08. The van der Waals surface area contributed by atoms with Crippen molar-refractivity contribution < 1.29 is 18.3 Å². The number of H-pyrrole nitrogens is 1. The van der Waals surface area contributed by atoms with E-state index in [2.05, 4.69) is 15.2 Å². The lowest BCUT2D eigenvalue weighted by Gasteiger charge is -2.26. The van der Waals surface area contributed by atoms with Crippen LogP contribution in [-0.4, -0.2) is 49.1 Å². The number of nitrogens with zero attached hydrogens (tertiary/aromatic N) is 3. The van der Waals surface area contributed by atoms with Gasteiger partial charge in [-0.15, -0.1) is 5.11 Å². The van der Waals surface area contributed by atoms with Crippen molar-refractivity contribution >= 4 is 32.3 Å². The Hall–Kier alpha value is -2.75. The number of aromatic amines is 1. The summed E-state index contributed by atoms with van der Waals surface area (Å²) in [5.74, 6) is -0.161. The Bertz CT molecular complexity index is 1090. The number of ether oxygens (including phenoxy) is 1. The molecule has 0 bridgehead atoms. The zero-order chi connectivity index (χ0) is 18.9. The van der Waals surface area contributed by atoms with E-state index < -0.39 is 10.0 Å². The van der Waals surface area contributed by atoms with Gasteiger partial charge in [0.05, 0.1) is 29.3 Å². The number of fused-ring (bicyclic) bond motifs is 1. The third-order valence-corrected chi connectivity index (χ3v) is 6.25. The van der Waals surface area contributed by atoms with E-state index in [4.69, 9.17) is 4.74 Å². The summed E-state index contributed by atoms with van der Waals surface area (Å²) in [6.07, 6.45) is 0. The van der Waals surface area contributed by atoms with Crippen molar-refractivity contribution in [2.24, 2.45) is 10.2 Å². The highest BCUT2D eigenvalue weighted by Crippen LogP contribution is 2.37. The molecule has 3 aromatic rings. The van der Waals surface area contributed by atoms with E-state index in [9.17, 15) is 13.5 Å². The Morgan fingerprint density at radius 3 is 2.52 bits per heavy atom. The molecule has 0 aliphatic carbocycles. The fourth-order valence-electron chi connectivity index (χ4n) is 2.94. The van der Waals surface area contributed by atoms with Crippen LogP contribution in [0, 0.1) is 0 Å². The van der Waals surface area contributed by atoms with Crippen LogP contribution in [-0.2, 0) is 14.8 Å². The summed E-state index contributed by atoms with van der Waals surface area (Å²) < 4.78 is 32.4. The number of aromatic nitrogens is 1. The SMILES string of the molecule is O=S(=O)(c1ccc2[nH]c(O)c(N=Nc3ccccc3)c2c1)N1CCOCC1. The fourth-order valence-corrected chi connectivity index (χ4v) is 4.38. The van der Waals surface area contributed by atoms with Crippen molar-refractivity contribution in [3.05, 3.63) is 48.5 Å². The van der Waals surface area contributed by atoms with Gasteiger partial charge in [0.15, 0.2) is 5.69 Å². The number of sulfonamides is 1. The van der Waals surface area contributed by atoms with Crippen LogP contribution in [0.1, 0.15) is 0 Å². The number of benzene rings is 2. The number of hydrogen-bond donors (Lipinski definition) is 2. The Labute approximate surface area is 156 Å². The number of morpholine rings is 1. The molecular weight excluding hydrogens is 368 g/mol. The summed E-state index contributed by atoms with van der Waals surface area (Å²) in [5, 5.41) is 18.9. The van der Waals surface area contributed by atoms with Crippen molar-refractivity contribution in [1.29, 1.82) is 0 Å². The summed E-state index contributed by atoms with van der Waals surface area (Å²) in [6, 6.07) is 13.7. The molecule has 0 unspecified atom stereocenters. The molecule has 1 aliphatic heterocycles. The quantitative estimate of drug-likeness (QED) is 0.671. The smallest absolute Gasteiger partial charge is 0.243 e. The molecule has 140 valence electrons. The second-order valence-corrected chi connectivity index (χ2v) is 8.02. The first-order valence-electron chi connectivity index (χ1n) is 8.45. The fraction of sp³-hybridized carbons (Fsp3) is 0.222. The molecule has 0 amide bonds. The maximum Gasteiger partial charge on any atom is 0.243 e. The normalized spacial score (nSPS) is 16.3. The lowest BCUT2D eigenvalue weighted by Crippen LogP contribution is -2.40. The highest BCUT2D eigenvalue weighted by Gasteiger charge is 2.27. The predicted molar refractivity (Wildman–Crippen MR) is 100 cm³/mol. The molecule has 1 aromatic heterocycles. The van der Waals surface area contributed by atoms with Crippen molar-refractivity contribution in [3.8, 4) is 5.88 Å². The molecule has 1 saturated heterocycles. The Morgan fingerprint density at radius 1 is 1.04 bits per heavy atom. The average Bonchev–Trinajstić information content (AvgIpc) is 3.02. The van der Waals surface area contributed by atoms with Crippen LogP contribution >= 0.6 is 0 Å². The van der Waals surface area contributed by atoms with E-state index >= 15 is 0 Å². The Morgan fingerprint density at radius 2 is 1.78 bits per heavy atom. The first-order chi connectivity index (χ1) is 13.1. The van der Waals surface area contributed by atoms with Gasteiger partial charge in [0.2, 0.25) is 15.9 Å². The van der Waals surface area contributed by atoms with Gasteiger partial charge < -0.3 is 14.8 Å². The molecule has 2 N–H and O–H groups in total. The lowest BCUT2D eigenvalue weighted by atomic mass is 10.2. The third kappa shape index (κ3) is 3.44. The molecule has 8 nitrogen and oxygen atoms in total. The lowest BCUT2D eigenvalue weighted by molar-refractivity contribution is 0.0730. The third-order valence-electron chi connectivity index (χ3n) is 4.35. The monoisotopic (exact) mass is 386 g/mol. The summed E-state index contributed by atoms with van der Waals surface area (Å²) in [6.45, 7) is 1.39. The van der Waals surface area contributed by atoms with E-state index in [1.807, 2.05) is 18.2 Å². The first kappa shape index (κ1) is 17.7. The first-order valence-corrected chi connectivity index (χ1v) is 9.89. The molecule has 1 aliphatic rings. The number of aromatic hydroxyl groups is 1. The topological polar surface area (TPSA) is 107 Å². The van der Waals surface area contributed by atoms with Crippen LogP contribution in [0.15, 0.2) is 63.7 Å². The van der Waals surface area contributed by atoms with Gasteiger partial charge in [-0.25, -0.2) is 8.42 Å². The highest BCUT2D eigenvalue weighted by atomic mass is 32.2. The minimum atomic E-state index is -3.64. The summed E-state index contributed by atoms with van der Waals surface area (Å²) >= 11 is 0. The van der Waals surface area contributed by atoms with Gasteiger partial charge in [-0.05, 0) is 30.3 Å². The van der Waals surface area contributed by atoms with Gasteiger partial charge in [0.1, 0.15) is 0 Å². The number of rotatable bonds is 4. The summed E-state index contributed by atoms with van der Waals surface area (Å²) in [5.41, 5.74) is 1.41. The summed E-state index contributed by atoms with van der Waals surface area (Å²) in [7, 11) is -3.64. The van der Waals surface area contributed by atoms with E-state index in [-0.39, 0.29) is 16.5 Å². The van der Waals surface area contributed by atoms with Gasteiger partial charge in [-0.1, -0.05) is 18.2 Å². The molecule has 0 radical (unpaired) electrons. The van der Waals surface area contributed by atoms with Crippen molar-refractivity contribution in [3.63, 3.8) is 0 Å². The minimum Gasteiger partial charge on any atom is -0.493 e. The van der Waals surface area contributed by atoms with Gasteiger partial charge in [-0.3, -0.25) is 0 Å². The minimum absolute atomic E-state index is 0.145.